The summed E-state index contributed by atoms with van der Waals surface area (Å²) in [6.07, 6.45) is 0.801. The molecule has 3 heterocycles. The summed E-state index contributed by atoms with van der Waals surface area (Å²) >= 11 is 1.45. The lowest BCUT2D eigenvalue weighted by Crippen LogP contribution is -2.59. The zero-order valence-electron chi connectivity index (χ0n) is 13.1. The van der Waals surface area contributed by atoms with Crippen molar-refractivity contribution in [3.8, 4) is 0 Å². The van der Waals surface area contributed by atoms with Gasteiger partial charge in [0.25, 0.3) is 0 Å². The highest BCUT2D eigenvalue weighted by Gasteiger charge is 2.33. The minimum Gasteiger partial charge on any atom is -0.375 e. The molecular weight excluding hydrogens is 302 g/mol. The van der Waals surface area contributed by atoms with E-state index in [1.807, 2.05) is 11.8 Å². The highest BCUT2D eigenvalue weighted by Crippen LogP contribution is 2.20. The number of hydrogen-bond acceptors (Lipinski definition) is 7. The lowest BCUT2D eigenvalue weighted by Gasteiger charge is -2.38. The van der Waals surface area contributed by atoms with Crippen LogP contribution in [0.4, 0.5) is 5.13 Å². The second-order valence-corrected chi connectivity index (χ2v) is 6.40. The van der Waals surface area contributed by atoms with E-state index in [2.05, 4.69) is 26.5 Å². The zero-order chi connectivity index (χ0) is 15.5. The molecule has 2 atom stereocenters. The Morgan fingerprint density at radius 2 is 2.18 bits per heavy atom. The quantitative estimate of drug-likeness (QED) is 0.852. The summed E-state index contributed by atoms with van der Waals surface area (Å²) in [5.74, 6) is 1.05. The average Bonchev–Trinajstić information content (AvgIpc) is 3.04. The maximum absolute atomic E-state index is 12.6. The molecule has 22 heavy (non-hydrogen) atoms. The van der Waals surface area contributed by atoms with Gasteiger partial charge in [-0.05, 0) is 6.92 Å². The Labute approximate surface area is 134 Å². The topological polar surface area (TPSA) is 70.6 Å². The standard InChI is InChI=1S/C14H23N5O2S/c1-3-11-16-14(22-17-11)19-7-5-18(6-8-19)13(20)12-10(2)21-9-4-15-12/h10,12,15H,3-9H2,1-2H3/t10-,12+/m1/s1. The van der Waals surface area contributed by atoms with E-state index >= 15 is 0 Å². The van der Waals surface area contributed by atoms with Crippen LogP contribution in [-0.2, 0) is 16.0 Å². The lowest BCUT2D eigenvalue weighted by molar-refractivity contribution is -0.139. The molecule has 7 nitrogen and oxygen atoms in total. The maximum atomic E-state index is 12.6. The molecule has 2 saturated heterocycles. The van der Waals surface area contributed by atoms with Crippen LogP contribution in [0.2, 0.25) is 0 Å². The Kier molecular flexibility index (Phi) is 4.90. The van der Waals surface area contributed by atoms with Crippen molar-refractivity contribution in [3.63, 3.8) is 0 Å². The van der Waals surface area contributed by atoms with Crippen molar-refractivity contribution in [2.24, 2.45) is 0 Å². The maximum Gasteiger partial charge on any atom is 0.242 e. The summed E-state index contributed by atoms with van der Waals surface area (Å²) in [6, 6.07) is -0.214. The number of nitrogens with one attached hydrogen (secondary N) is 1. The molecule has 122 valence electrons. The molecule has 1 aromatic rings. The van der Waals surface area contributed by atoms with Gasteiger partial charge in [0.05, 0.1) is 12.7 Å². The summed E-state index contributed by atoms with van der Waals surface area (Å²) in [4.78, 5) is 21.3. The molecule has 2 aliphatic heterocycles. The summed E-state index contributed by atoms with van der Waals surface area (Å²) in [5, 5.41) is 4.24. The van der Waals surface area contributed by atoms with Crippen LogP contribution in [0.15, 0.2) is 0 Å². The van der Waals surface area contributed by atoms with Gasteiger partial charge < -0.3 is 19.9 Å². The third kappa shape index (κ3) is 3.23. The van der Waals surface area contributed by atoms with Crippen molar-refractivity contribution in [2.75, 3.05) is 44.2 Å². The molecular formula is C14H23N5O2S. The Hall–Kier alpha value is -1.25. The highest BCUT2D eigenvalue weighted by atomic mass is 32.1. The predicted octanol–water partition coefficient (Wildman–Crippen LogP) is 0.126. The normalized spacial score (nSPS) is 26.3. The highest BCUT2D eigenvalue weighted by molar-refractivity contribution is 7.09. The van der Waals surface area contributed by atoms with E-state index in [0.29, 0.717) is 6.61 Å². The van der Waals surface area contributed by atoms with Crippen molar-refractivity contribution in [3.05, 3.63) is 5.82 Å². The van der Waals surface area contributed by atoms with Crippen LogP contribution in [0.25, 0.3) is 0 Å². The number of carbonyl (C=O) groups excluding carboxylic acids is 1. The van der Waals surface area contributed by atoms with Crippen molar-refractivity contribution >= 4 is 22.6 Å². The van der Waals surface area contributed by atoms with E-state index in [-0.39, 0.29) is 18.1 Å². The minimum absolute atomic E-state index is 0.0606. The fourth-order valence-electron chi connectivity index (χ4n) is 2.84. The summed E-state index contributed by atoms with van der Waals surface area (Å²) in [5.41, 5.74) is 0. The smallest absolute Gasteiger partial charge is 0.242 e. The largest absolute Gasteiger partial charge is 0.375 e. The van der Waals surface area contributed by atoms with Gasteiger partial charge in [0, 0.05) is 50.7 Å². The van der Waals surface area contributed by atoms with Gasteiger partial charge in [0.15, 0.2) is 0 Å². The average molecular weight is 325 g/mol. The minimum atomic E-state index is -0.214. The van der Waals surface area contributed by atoms with Gasteiger partial charge in [-0.25, -0.2) is 4.98 Å². The molecule has 0 aromatic carbocycles. The molecule has 0 radical (unpaired) electrons. The molecule has 0 bridgehead atoms. The number of amides is 1. The number of carbonyl (C=O) groups is 1. The molecule has 8 heteroatoms. The number of hydrogen-bond donors (Lipinski definition) is 1. The second kappa shape index (κ2) is 6.89. The van der Waals surface area contributed by atoms with Gasteiger partial charge in [0.2, 0.25) is 11.0 Å². The van der Waals surface area contributed by atoms with E-state index in [4.69, 9.17) is 4.74 Å². The fourth-order valence-corrected chi connectivity index (χ4v) is 3.64. The lowest BCUT2D eigenvalue weighted by atomic mass is 10.1. The van der Waals surface area contributed by atoms with Crippen LogP contribution >= 0.6 is 11.5 Å². The molecule has 1 aromatic heterocycles. The first-order valence-corrected chi connectivity index (χ1v) is 8.67. The van der Waals surface area contributed by atoms with Gasteiger partial charge in [0.1, 0.15) is 11.9 Å². The van der Waals surface area contributed by atoms with Crippen LogP contribution in [0, 0.1) is 0 Å². The number of ether oxygens (including phenoxy) is 1. The number of morpholine rings is 1. The van der Waals surface area contributed by atoms with E-state index in [1.54, 1.807) is 0 Å². The van der Waals surface area contributed by atoms with Gasteiger partial charge in [-0.3, -0.25) is 4.79 Å². The second-order valence-electron chi connectivity index (χ2n) is 5.67. The molecule has 2 fully saturated rings. The van der Waals surface area contributed by atoms with Crippen molar-refractivity contribution in [1.29, 1.82) is 0 Å². The number of aryl methyl sites for hydroxylation is 1. The summed E-state index contributed by atoms with van der Waals surface area (Å²) < 4.78 is 9.90. The number of anilines is 1. The SMILES string of the molecule is CCc1nsc(N2CCN(C(=O)[C@H]3NCCO[C@@H]3C)CC2)n1. The van der Waals surface area contributed by atoms with Crippen LogP contribution in [0.3, 0.4) is 0 Å². The van der Waals surface area contributed by atoms with Crippen molar-refractivity contribution in [2.45, 2.75) is 32.4 Å². The Balaban J connectivity index is 1.55. The first-order chi connectivity index (χ1) is 10.7. The predicted molar refractivity (Wildman–Crippen MR) is 85.3 cm³/mol. The number of nitrogens with zero attached hydrogens (tertiary/aromatic N) is 4. The van der Waals surface area contributed by atoms with Crippen LogP contribution in [0.1, 0.15) is 19.7 Å². The monoisotopic (exact) mass is 325 g/mol. The molecule has 0 saturated carbocycles. The molecule has 2 aliphatic rings. The molecule has 0 spiro atoms. The number of aromatic nitrogens is 2. The first-order valence-electron chi connectivity index (χ1n) is 7.90. The Bertz CT molecular complexity index is 515. The molecule has 1 amide bonds. The van der Waals surface area contributed by atoms with E-state index in [1.165, 1.54) is 11.5 Å². The molecule has 0 aliphatic carbocycles. The summed E-state index contributed by atoms with van der Waals surface area (Å²) in [7, 11) is 0. The van der Waals surface area contributed by atoms with E-state index in [9.17, 15) is 4.79 Å². The van der Waals surface area contributed by atoms with Gasteiger partial charge in [-0.2, -0.15) is 4.37 Å². The van der Waals surface area contributed by atoms with Crippen LogP contribution in [0.5, 0.6) is 0 Å². The fraction of sp³-hybridized carbons (Fsp3) is 0.786. The third-order valence-electron chi connectivity index (χ3n) is 4.22. The Morgan fingerprint density at radius 3 is 2.82 bits per heavy atom. The van der Waals surface area contributed by atoms with Crippen molar-refractivity contribution in [1.82, 2.24) is 19.6 Å². The zero-order valence-corrected chi connectivity index (χ0v) is 13.9. The first kappa shape index (κ1) is 15.6. The Morgan fingerprint density at radius 1 is 1.41 bits per heavy atom. The number of rotatable bonds is 3. The van der Waals surface area contributed by atoms with Crippen LogP contribution < -0.4 is 10.2 Å². The van der Waals surface area contributed by atoms with E-state index in [0.717, 1.165) is 50.1 Å². The number of piperazine rings is 1. The third-order valence-corrected chi connectivity index (χ3v) is 5.03. The molecule has 1 N–H and O–H groups in total. The molecule has 3 rings (SSSR count). The molecule has 0 unspecified atom stereocenters. The van der Waals surface area contributed by atoms with Crippen molar-refractivity contribution < 1.29 is 9.53 Å². The van der Waals surface area contributed by atoms with Gasteiger partial charge in [-0.1, -0.05) is 6.92 Å². The van der Waals surface area contributed by atoms with E-state index < -0.39 is 0 Å². The van der Waals surface area contributed by atoms with Gasteiger partial charge in [-0.15, -0.1) is 0 Å². The van der Waals surface area contributed by atoms with Gasteiger partial charge >= 0.3 is 0 Å². The summed E-state index contributed by atoms with van der Waals surface area (Å²) in [6.45, 7) is 8.51. The van der Waals surface area contributed by atoms with Crippen LogP contribution in [-0.4, -0.2) is 71.6 Å².